The highest BCUT2D eigenvalue weighted by molar-refractivity contribution is 9.10. The Labute approximate surface area is 168 Å². The molecule has 140 valence electrons. The molecular formula is C23H24BrNO2. The minimum atomic E-state index is 0.157. The van der Waals surface area contributed by atoms with E-state index in [9.17, 15) is 0 Å². The lowest BCUT2D eigenvalue weighted by molar-refractivity contribution is 0.174. The summed E-state index contributed by atoms with van der Waals surface area (Å²) in [4.78, 5) is 0. The van der Waals surface area contributed by atoms with E-state index in [2.05, 4.69) is 78.4 Å². The third kappa shape index (κ3) is 2.77. The first-order chi connectivity index (χ1) is 12.9. The van der Waals surface area contributed by atoms with Crippen molar-refractivity contribution in [2.24, 2.45) is 5.92 Å². The lowest BCUT2D eigenvalue weighted by atomic mass is 9.75. The standard InChI is InChI=1S/C23H24BrNO2/c1-23(2,3)13-7-8-19-16(9-13)14-5-4-6-15(14)22(25-19)17-10-20-21(11-18(17)24)27-12-26-20/h4-5,7-11,14-15,22,25H,6,12H2,1-3H3. The predicted octanol–water partition coefficient (Wildman–Crippen LogP) is 6.30. The molecule has 4 heteroatoms. The zero-order chi connectivity index (χ0) is 18.8. The van der Waals surface area contributed by atoms with E-state index in [1.165, 1.54) is 22.4 Å². The molecule has 0 fully saturated rings. The van der Waals surface area contributed by atoms with Gasteiger partial charge in [-0.25, -0.2) is 0 Å². The highest BCUT2D eigenvalue weighted by Crippen LogP contribution is 2.52. The third-order valence-electron chi connectivity index (χ3n) is 6.06. The molecule has 0 saturated heterocycles. The van der Waals surface area contributed by atoms with Crippen LogP contribution in [0.15, 0.2) is 47.0 Å². The second-order valence-electron chi connectivity index (χ2n) is 8.75. The Hall–Kier alpha value is -1.94. The van der Waals surface area contributed by atoms with Crippen molar-refractivity contribution >= 4 is 21.6 Å². The smallest absolute Gasteiger partial charge is 0.231 e. The van der Waals surface area contributed by atoms with E-state index in [0.717, 1.165) is 22.4 Å². The molecule has 0 radical (unpaired) electrons. The molecule has 0 saturated carbocycles. The lowest BCUT2D eigenvalue weighted by Gasteiger charge is -2.38. The van der Waals surface area contributed by atoms with Crippen LogP contribution in [0.5, 0.6) is 11.5 Å². The van der Waals surface area contributed by atoms with Crippen LogP contribution in [0.25, 0.3) is 0 Å². The number of hydrogen-bond acceptors (Lipinski definition) is 3. The molecule has 2 aromatic carbocycles. The molecule has 2 aliphatic heterocycles. The average molecular weight is 426 g/mol. The Morgan fingerprint density at radius 2 is 1.81 bits per heavy atom. The number of anilines is 1. The van der Waals surface area contributed by atoms with Gasteiger partial charge in [-0.1, -0.05) is 61.0 Å². The van der Waals surface area contributed by atoms with Gasteiger partial charge in [0.15, 0.2) is 11.5 Å². The van der Waals surface area contributed by atoms with E-state index < -0.39 is 0 Å². The van der Waals surface area contributed by atoms with Crippen LogP contribution in [-0.2, 0) is 5.41 Å². The summed E-state index contributed by atoms with van der Waals surface area (Å²) < 4.78 is 12.2. The molecule has 0 bridgehead atoms. The number of benzene rings is 2. The summed E-state index contributed by atoms with van der Waals surface area (Å²) in [7, 11) is 0. The molecule has 0 aromatic heterocycles. The number of fused-ring (bicyclic) bond motifs is 4. The van der Waals surface area contributed by atoms with Crippen LogP contribution in [0.4, 0.5) is 5.69 Å². The van der Waals surface area contributed by atoms with Crippen molar-refractivity contribution in [1.29, 1.82) is 0 Å². The topological polar surface area (TPSA) is 30.5 Å². The highest BCUT2D eigenvalue weighted by atomic mass is 79.9. The summed E-state index contributed by atoms with van der Waals surface area (Å²) in [6.45, 7) is 7.13. The lowest BCUT2D eigenvalue weighted by Crippen LogP contribution is -2.29. The van der Waals surface area contributed by atoms with Crippen LogP contribution in [-0.4, -0.2) is 6.79 Å². The molecule has 3 nitrogen and oxygen atoms in total. The van der Waals surface area contributed by atoms with Crippen molar-refractivity contribution < 1.29 is 9.47 Å². The van der Waals surface area contributed by atoms with Crippen LogP contribution >= 0.6 is 15.9 Å². The molecular weight excluding hydrogens is 402 g/mol. The second-order valence-corrected chi connectivity index (χ2v) is 9.61. The average Bonchev–Trinajstić information content (AvgIpc) is 3.28. The summed E-state index contributed by atoms with van der Waals surface area (Å²) in [6, 6.07) is 11.3. The summed E-state index contributed by atoms with van der Waals surface area (Å²) >= 11 is 3.76. The van der Waals surface area contributed by atoms with Crippen LogP contribution < -0.4 is 14.8 Å². The monoisotopic (exact) mass is 425 g/mol. The normalized spacial score (nSPS) is 25.1. The largest absolute Gasteiger partial charge is 0.454 e. The summed E-state index contributed by atoms with van der Waals surface area (Å²) in [5.74, 6) is 2.61. The first-order valence-electron chi connectivity index (χ1n) is 9.58. The van der Waals surface area contributed by atoms with E-state index in [1.807, 2.05) is 6.07 Å². The molecule has 0 spiro atoms. The van der Waals surface area contributed by atoms with Gasteiger partial charge < -0.3 is 14.8 Å². The zero-order valence-electron chi connectivity index (χ0n) is 15.9. The van der Waals surface area contributed by atoms with Crippen molar-refractivity contribution in [3.8, 4) is 11.5 Å². The van der Waals surface area contributed by atoms with Crippen molar-refractivity contribution in [3.05, 3.63) is 63.6 Å². The van der Waals surface area contributed by atoms with Crippen molar-refractivity contribution in [1.82, 2.24) is 0 Å². The Balaban J connectivity index is 1.58. The van der Waals surface area contributed by atoms with Gasteiger partial charge in [-0.3, -0.25) is 0 Å². The van der Waals surface area contributed by atoms with Gasteiger partial charge in [-0.05, 0) is 52.6 Å². The number of allylic oxidation sites excluding steroid dienone is 2. The number of rotatable bonds is 1. The Bertz CT molecular complexity index is 944. The van der Waals surface area contributed by atoms with E-state index in [0.29, 0.717) is 18.6 Å². The van der Waals surface area contributed by atoms with Crippen LogP contribution in [0.3, 0.4) is 0 Å². The van der Waals surface area contributed by atoms with Gasteiger partial charge in [0.25, 0.3) is 0 Å². The zero-order valence-corrected chi connectivity index (χ0v) is 17.5. The van der Waals surface area contributed by atoms with Gasteiger partial charge in [0.2, 0.25) is 6.79 Å². The Kier molecular flexibility index (Phi) is 3.84. The van der Waals surface area contributed by atoms with E-state index in [-0.39, 0.29) is 11.5 Å². The maximum absolute atomic E-state index is 5.63. The van der Waals surface area contributed by atoms with E-state index in [1.54, 1.807) is 0 Å². The van der Waals surface area contributed by atoms with Gasteiger partial charge >= 0.3 is 0 Å². The molecule has 2 aromatic rings. The van der Waals surface area contributed by atoms with Gasteiger partial charge in [0.05, 0.1) is 6.04 Å². The number of halogens is 1. The fraction of sp³-hybridized carbons (Fsp3) is 0.391. The van der Waals surface area contributed by atoms with E-state index in [4.69, 9.17) is 9.47 Å². The molecule has 3 unspecified atom stereocenters. The summed E-state index contributed by atoms with van der Waals surface area (Å²) in [6.07, 6.45) is 5.82. The Morgan fingerprint density at radius 1 is 1.04 bits per heavy atom. The fourth-order valence-electron chi connectivity index (χ4n) is 4.54. The minimum Gasteiger partial charge on any atom is -0.454 e. The fourth-order valence-corrected chi connectivity index (χ4v) is 5.11. The van der Waals surface area contributed by atoms with Crippen LogP contribution in [0.1, 0.15) is 55.8 Å². The molecule has 1 N–H and O–H groups in total. The van der Waals surface area contributed by atoms with Crippen molar-refractivity contribution in [3.63, 3.8) is 0 Å². The van der Waals surface area contributed by atoms with Crippen LogP contribution in [0.2, 0.25) is 0 Å². The second kappa shape index (κ2) is 6.03. The Morgan fingerprint density at radius 3 is 2.59 bits per heavy atom. The molecule has 0 amide bonds. The van der Waals surface area contributed by atoms with Crippen molar-refractivity contribution in [2.75, 3.05) is 12.1 Å². The maximum Gasteiger partial charge on any atom is 0.231 e. The molecule has 3 atom stereocenters. The third-order valence-corrected chi connectivity index (χ3v) is 6.74. The van der Waals surface area contributed by atoms with Gasteiger partial charge in [0.1, 0.15) is 0 Å². The maximum atomic E-state index is 5.63. The van der Waals surface area contributed by atoms with Crippen LogP contribution in [0, 0.1) is 5.92 Å². The first kappa shape index (κ1) is 17.2. The SMILES string of the molecule is CC(C)(C)c1ccc2c(c1)C1C=CCC1C(c1cc3c(cc1Br)OCO3)N2. The minimum absolute atomic E-state index is 0.157. The molecule has 3 aliphatic rings. The van der Waals surface area contributed by atoms with Gasteiger partial charge in [0, 0.05) is 16.1 Å². The molecule has 5 rings (SSSR count). The summed E-state index contributed by atoms with van der Waals surface area (Å²) in [5, 5.41) is 3.83. The highest BCUT2D eigenvalue weighted by Gasteiger charge is 2.39. The van der Waals surface area contributed by atoms with Gasteiger partial charge in [-0.15, -0.1) is 0 Å². The number of nitrogens with one attached hydrogen (secondary N) is 1. The number of hydrogen-bond donors (Lipinski definition) is 1. The summed E-state index contributed by atoms with van der Waals surface area (Å²) in [5.41, 5.74) is 5.46. The predicted molar refractivity (Wildman–Crippen MR) is 112 cm³/mol. The molecule has 27 heavy (non-hydrogen) atoms. The number of ether oxygens (including phenoxy) is 2. The molecule has 1 aliphatic carbocycles. The molecule has 2 heterocycles. The van der Waals surface area contributed by atoms with Gasteiger partial charge in [-0.2, -0.15) is 0 Å². The van der Waals surface area contributed by atoms with E-state index >= 15 is 0 Å². The first-order valence-corrected chi connectivity index (χ1v) is 10.4. The van der Waals surface area contributed by atoms with Crippen molar-refractivity contribution in [2.45, 2.75) is 44.6 Å². The quantitative estimate of drug-likeness (QED) is 0.543.